The summed E-state index contributed by atoms with van der Waals surface area (Å²) >= 11 is 0. The van der Waals surface area contributed by atoms with Crippen molar-refractivity contribution in [2.24, 2.45) is 0 Å². The molecule has 1 fully saturated rings. The number of aliphatic carboxylic acids is 1. The van der Waals surface area contributed by atoms with Crippen molar-refractivity contribution in [2.45, 2.75) is 109 Å². The molecule has 132 valence electrons. The van der Waals surface area contributed by atoms with Crippen LogP contribution < -0.4 is 0 Å². The minimum absolute atomic E-state index is 0.322. The molecule has 0 aromatic rings. The third-order valence-corrected chi connectivity index (χ3v) is 4.45. The second kappa shape index (κ2) is 13.4. The van der Waals surface area contributed by atoms with Gasteiger partial charge in [0.2, 0.25) is 0 Å². The van der Waals surface area contributed by atoms with E-state index in [-0.39, 0.29) is 0 Å². The lowest BCUT2D eigenvalue weighted by atomic mass is 10.1. The fraction of sp³-hybridized carbons (Fsp3) is 0.850. The van der Waals surface area contributed by atoms with Crippen molar-refractivity contribution in [1.82, 2.24) is 0 Å². The lowest BCUT2D eigenvalue weighted by Gasteiger charge is -1.99. The number of hydrogen-bond acceptors (Lipinski definition) is 2. The summed E-state index contributed by atoms with van der Waals surface area (Å²) in [6.45, 7) is 2.19. The molecule has 0 saturated carbocycles. The van der Waals surface area contributed by atoms with Crippen LogP contribution in [0.25, 0.3) is 0 Å². The molecule has 3 heteroatoms. The van der Waals surface area contributed by atoms with Crippen LogP contribution in [0.1, 0.15) is 96.8 Å². The van der Waals surface area contributed by atoms with Crippen molar-refractivity contribution in [3.63, 3.8) is 0 Å². The number of carbonyl (C=O) groups is 1. The van der Waals surface area contributed by atoms with Crippen LogP contribution >= 0.6 is 0 Å². The SMILES string of the molecule is CCC1OC1CCCCC#CCCCCCCCCCC(=O)O. The van der Waals surface area contributed by atoms with Crippen molar-refractivity contribution in [3.8, 4) is 11.8 Å². The summed E-state index contributed by atoms with van der Waals surface area (Å²) in [4.78, 5) is 10.4. The summed E-state index contributed by atoms with van der Waals surface area (Å²) in [7, 11) is 0. The van der Waals surface area contributed by atoms with Gasteiger partial charge in [0, 0.05) is 19.3 Å². The number of ether oxygens (including phenoxy) is 1. The lowest BCUT2D eigenvalue weighted by molar-refractivity contribution is -0.137. The Kier molecular flexibility index (Phi) is 11.7. The molecular weight excluding hydrogens is 288 g/mol. The van der Waals surface area contributed by atoms with E-state index in [2.05, 4.69) is 18.8 Å². The third kappa shape index (κ3) is 12.1. The summed E-state index contributed by atoms with van der Waals surface area (Å²) in [5.74, 6) is 5.90. The predicted molar refractivity (Wildman–Crippen MR) is 94.4 cm³/mol. The highest BCUT2D eigenvalue weighted by atomic mass is 16.6. The molecule has 0 spiro atoms. The Hall–Kier alpha value is -1.01. The minimum atomic E-state index is -0.672. The number of carboxylic acid groups (broad SMARTS) is 1. The van der Waals surface area contributed by atoms with E-state index in [0.717, 1.165) is 32.1 Å². The number of unbranched alkanes of at least 4 members (excludes halogenated alkanes) is 9. The largest absolute Gasteiger partial charge is 0.481 e. The van der Waals surface area contributed by atoms with Crippen molar-refractivity contribution in [1.29, 1.82) is 0 Å². The fourth-order valence-electron chi connectivity index (χ4n) is 2.90. The van der Waals surface area contributed by atoms with Gasteiger partial charge in [-0.2, -0.15) is 0 Å². The zero-order valence-corrected chi connectivity index (χ0v) is 14.8. The Bertz CT molecular complexity index is 367. The second-order valence-electron chi connectivity index (χ2n) is 6.59. The van der Waals surface area contributed by atoms with Gasteiger partial charge in [-0.3, -0.25) is 4.79 Å². The molecule has 1 N–H and O–H groups in total. The van der Waals surface area contributed by atoms with E-state index in [1.165, 1.54) is 51.4 Å². The molecular formula is C20H34O3. The highest BCUT2D eigenvalue weighted by Crippen LogP contribution is 2.29. The summed E-state index contributed by atoms with van der Waals surface area (Å²) < 4.78 is 5.53. The zero-order valence-electron chi connectivity index (χ0n) is 14.8. The summed E-state index contributed by atoms with van der Waals surface area (Å²) in [5, 5.41) is 8.53. The molecule has 0 bridgehead atoms. The standard InChI is InChI=1S/C20H34O3/c1-2-18-19(23-18)16-14-12-10-8-6-4-3-5-7-9-11-13-15-17-20(21)22/h18-19H,2-5,7,9-17H2,1H3,(H,21,22). The van der Waals surface area contributed by atoms with Crippen LogP contribution in [0.15, 0.2) is 0 Å². The topological polar surface area (TPSA) is 49.8 Å². The summed E-state index contributed by atoms with van der Waals surface area (Å²) in [6.07, 6.45) is 16.3. The molecule has 1 aliphatic rings. The molecule has 1 saturated heterocycles. The monoisotopic (exact) mass is 322 g/mol. The average molecular weight is 322 g/mol. The van der Waals surface area contributed by atoms with Gasteiger partial charge in [-0.15, -0.1) is 11.8 Å². The highest BCUT2D eigenvalue weighted by molar-refractivity contribution is 5.66. The Morgan fingerprint density at radius 3 is 2.00 bits per heavy atom. The van der Waals surface area contributed by atoms with Gasteiger partial charge in [-0.25, -0.2) is 0 Å². The highest BCUT2D eigenvalue weighted by Gasteiger charge is 2.35. The van der Waals surface area contributed by atoms with Crippen LogP contribution in [0.5, 0.6) is 0 Å². The summed E-state index contributed by atoms with van der Waals surface area (Å²) in [6, 6.07) is 0. The fourth-order valence-corrected chi connectivity index (χ4v) is 2.90. The first-order valence-electron chi connectivity index (χ1n) is 9.57. The van der Waals surface area contributed by atoms with Crippen molar-refractivity contribution < 1.29 is 14.6 Å². The van der Waals surface area contributed by atoms with E-state index in [1.807, 2.05) is 0 Å². The molecule has 1 aliphatic heterocycles. The van der Waals surface area contributed by atoms with Gasteiger partial charge in [-0.05, 0) is 38.5 Å². The minimum Gasteiger partial charge on any atom is -0.481 e. The first-order valence-corrected chi connectivity index (χ1v) is 9.57. The van der Waals surface area contributed by atoms with E-state index in [1.54, 1.807) is 0 Å². The molecule has 0 radical (unpaired) electrons. The maximum atomic E-state index is 10.4. The van der Waals surface area contributed by atoms with Gasteiger partial charge >= 0.3 is 5.97 Å². The van der Waals surface area contributed by atoms with Crippen LogP contribution in [-0.4, -0.2) is 23.3 Å². The first-order chi connectivity index (χ1) is 11.2. The van der Waals surface area contributed by atoms with Crippen LogP contribution in [0.4, 0.5) is 0 Å². The van der Waals surface area contributed by atoms with E-state index in [0.29, 0.717) is 18.6 Å². The Balaban J connectivity index is 1.73. The van der Waals surface area contributed by atoms with Crippen LogP contribution in [0.2, 0.25) is 0 Å². The molecule has 0 amide bonds. The van der Waals surface area contributed by atoms with E-state index in [4.69, 9.17) is 9.84 Å². The van der Waals surface area contributed by atoms with Crippen molar-refractivity contribution in [2.75, 3.05) is 0 Å². The van der Waals surface area contributed by atoms with Gasteiger partial charge in [0.05, 0.1) is 12.2 Å². The van der Waals surface area contributed by atoms with Crippen molar-refractivity contribution in [3.05, 3.63) is 0 Å². The molecule has 1 rings (SSSR count). The van der Waals surface area contributed by atoms with E-state index < -0.39 is 5.97 Å². The Labute approximate surface area is 142 Å². The van der Waals surface area contributed by atoms with Crippen LogP contribution in [0.3, 0.4) is 0 Å². The first kappa shape index (κ1) is 20.0. The number of carboxylic acids is 1. The lowest BCUT2D eigenvalue weighted by Crippen LogP contribution is -1.93. The molecule has 0 aromatic carbocycles. The molecule has 0 aromatic heterocycles. The van der Waals surface area contributed by atoms with Gasteiger partial charge in [0.1, 0.15) is 0 Å². The summed E-state index contributed by atoms with van der Waals surface area (Å²) in [5.41, 5.74) is 0. The Morgan fingerprint density at radius 2 is 1.43 bits per heavy atom. The molecule has 23 heavy (non-hydrogen) atoms. The number of rotatable bonds is 14. The third-order valence-electron chi connectivity index (χ3n) is 4.45. The number of epoxide rings is 1. The normalized spacial score (nSPS) is 19.2. The van der Waals surface area contributed by atoms with E-state index in [9.17, 15) is 4.79 Å². The van der Waals surface area contributed by atoms with Crippen LogP contribution in [0, 0.1) is 11.8 Å². The average Bonchev–Trinajstić information content (AvgIpc) is 3.29. The second-order valence-corrected chi connectivity index (χ2v) is 6.59. The molecule has 0 aliphatic carbocycles. The number of hydrogen-bond donors (Lipinski definition) is 1. The predicted octanol–water partition coefficient (Wildman–Crippen LogP) is 5.32. The maximum Gasteiger partial charge on any atom is 0.303 e. The van der Waals surface area contributed by atoms with Gasteiger partial charge < -0.3 is 9.84 Å². The molecule has 2 unspecified atom stereocenters. The van der Waals surface area contributed by atoms with E-state index >= 15 is 0 Å². The molecule has 3 nitrogen and oxygen atoms in total. The quantitative estimate of drug-likeness (QED) is 0.267. The van der Waals surface area contributed by atoms with Crippen molar-refractivity contribution >= 4 is 5.97 Å². The molecule has 1 heterocycles. The van der Waals surface area contributed by atoms with Gasteiger partial charge in [0.15, 0.2) is 0 Å². The van der Waals surface area contributed by atoms with Gasteiger partial charge in [-0.1, -0.05) is 39.0 Å². The van der Waals surface area contributed by atoms with Gasteiger partial charge in [0.25, 0.3) is 0 Å². The smallest absolute Gasteiger partial charge is 0.303 e. The Morgan fingerprint density at radius 1 is 0.870 bits per heavy atom. The maximum absolute atomic E-state index is 10.4. The molecule has 2 atom stereocenters. The van der Waals surface area contributed by atoms with Crippen LogP contribution in [-0.2, 0) is 9.53 Å². The zero-order chi connectivity index (χ0) is 16.8.